The summed E-state index contributed by atoms with van der Waals surface area (Å²) in [5.74, 6) is 0. The molecule has 1 aliphatic rings. The summed E-state index contributed by atoms with van der Waals surface area (Å²) < 4.78 is 0. The topological polar surface area (TPSA) is 23.5 Å². The molecule has 1 atom stereocenters. The minimum Gasteiger partial charge on any atom is -0.396 e. The zero-order chi connectivity index (χ0) is 13.2. The van der Waals surface area contributed by atoms with E-state index in [0.29, 0.717) is 12.6 Å². The highest BCUT2D eigenvalue weighted by Gasteiger charge is 2.24. The number of hydrogen-bond donors (Lipinski definition) is 1. The maximum absolute atomic E-state index is 9.12. The lowest BCUT2D eigenvalue weighted by atomic mass is 9.87. The van der Waals surface area contributed by atoms with Crippen molar-refractivity contribution in [3.63, 3.8) is 0 Å². The Labute approximate surface area is 111 Å². The molecule has 0 amide bonds. The van der Waals surface area contributed by atoms with E-state index in [1.165, 1.54) is 24.1 Å². The van der Waals surface area contributed by atoms with Crippen LogP contribution in [0.3, 0.4) is 0 Å². The number of aliphatic hydroxyl groups excluding tert-OH is 1. The van der Waals surface area contributed by atoms with Crippen LogP contribution in [0.2, 0.25) is 0 Å². The Hall–Kier alpha value is -1.02. The Kier molecular flexibility index (Phi) is 3.96. The first-order valence-corrected chi connectivity index (χ1v) is 7.00. The van der Waals surface area contributed by atoms with E-state index in [9.17, 15) is 0 Å². The molecule has 1 unspecified atom stereocenters. The molecule has 1 aromatic rings. The minimum absolute atomic E-state index is 0.216. The summed E-state index contributed by atoms with van der Waals surface area (Å²) in [6, 6.07) is 9.47. The van der Waals surface area contributed by atoms with Crippen molar-refractivity contribution in [2.75, 3.05) is 18.1 Å². The molecule has 1 aliphatic heterocycles. The van der Waals surface area contributed by atoms with Crippen LogP contribution in [0, 0.1) is 0 Å². The fraction of sp³-hybridized carbons (Fsp3) is 0.625. The summed E-state index contributed by atoms with van der Waals surface area (Å²) in [5, 5.41) is 9.12. The predicted molar refractivity (Wildman–Crippen MR) is 77.2 cm³/mol. The van der Waals surface area contributed by atoms with E-state index in [1.807, 2.05) is 0 Å². The van der Waals surface area contributed by atoms with E-state index in [-0.39, 0.29) is 5.41 Å². The van der Waals surface area contributed by atoms with Gasteiger partial charge in [-0.15, -0.1) is 0 Å². The molecular weight excluding hydrogens is 222 g/mol. The van der Waals surface area contributed by atoms with Crippen LogP contribution < -0.4 is 4.90 Å². The molecular formula is C16H25NO. The van der Waals surface area contributed by atoms with E-state index in [1.54, 1.807) is 0 Å². The van der Waals surface area contributed by atoms with Gasteiger partial charge in [-0.1, -0.05) is 32.9 Å². The Morgan fingerprint density at radius 2 is 1.89 bits per heavy atom. The van der Waals surface area contributed by atoms with Crippen molar-refractivity contribution in [1.29, 1.82) is 0 Å². The first-order chi connectivity index (χ1) is 8.52. The van der Waals surface area contributed by atoms with Gasteiger partial charge in [-0.2, -0.15) is 0 Å². The van der Waals surface area contributed by atoms with Gasteiger partial charge in [0, 0.05) is 24.9 Å². The lowest BCUT2D eigenvalue weighted by Gasteiger charge is -2.27. The average molecular weight is 247 g/mol. The summed E-state index contributed by atoms with van der Waals surface area (Å²) in [7, 11) is 0. The standard InChI is InChI=1S/C16H25NO/c1-16(2,3)13-6-8-15(9-7-13)17-11-4-5-14(17)10-12-18/h6-9,14,18H,4-5,10-12H2,1-3H3. The largest absolute Gasteiger partial charge is 0.396 e. The number of nitrogens with zero attached hydrogens (tertiary/aromatic N) is 1. The first kappa shape index (κ1) is 13.4. The van der Waals surface area contributed by atoms with Crippen LogP contribution in [-0.2, 0) is 5.41 Å². The molecule has 2 rings (SSSR count). The van der Waals surface area contributed by atoms with E-state index in [0.717, 1.165) is 13.0 Å². The van der Waals surface area contributed by atoms with Gasteiger partial charge in [0.15, 0.2) is 0 Å². The van der Waals surface area contributed by atoms with Crippen molar-refractivity contribution in [3.05, 3.63) is 29.8 Å². The summed E-state index contributed by atoms with van der Waals surface area (Å²) in [4.78, 5) is 2.45. The third kappa shape index (κ3) is 2.86. The van der Waals surface area contributed by atoms with Crippen molar-refractivity contribution in [2.24, 2.45) is 0 Å². The zero-order valence-electron chi connectivity index (χ0n) is 11.8. The maximum Gasteiger partial charge on any atom is 0.0450 e. The maximum atomic E-state index is 9.12. The van der Waals surface area contributed by atoms with Crippen LogP contribution in [0.1, 0.15) is 45.6 Å². The molecule has 0 saturated carbocycles. The van der Waals surface area contributed by atoms with Crippen LogP contribution in [0.25, 0.3) is 0 Å². The van der Waals surface area contributed by atoms with Gasteiger partial charge in [-0.05, 0) is 42.4 Å². The van der Waals surface area contributed by atoms with Crippen molar-refractivity contribution in [1.82, 2.24) is 0 Å². The third-order valence-electron chi connectivity index (χ3n) is 3.90. The molecule has 0 spiro atoms. The van der Waals surface area contributed by atoms with Gasteiger partial charge in [0.1, 0.15) is 0 Å². The molecule has 0 aliphatic carbocycles. The highest BCUT2D eigenvalue weighted by Crippen LogP contribution is 2.29. The second-order valence-corrected chi connectivity index (χ2v) is 6.30. The van der Waals surface area contributed by atoms with E-state index >= 15 is 0 Å². The fourth-order valence-electron chi connectivity index (χ4n) is 2.78. The Balaban J connectivity index is 2.14. The van der Waals surface area contributed by atoms with Crippen molar-refractivity contribution >= 4 is 5.69 Å². The van der Waals surface area contributed by atoms with Crippen LogP contribution in [0.15, 0.2) is 24.3 Å². The quantitative estimate of drug-likeness (QED) is 0.885. The highest BCUT2D eigenvalue weighted by molar-refractivity contribution is 5.50. The molecule has 1 heterocycles. The lowest BCUT2D eigenvalue weighted by Crippen LogP contribution is -2.29. The third-order valence-corrected chi connectivity index (χ3v) is 3.90. The van der Waals surface area contributed by atoms with Crippen LogP contribution >= 0.6 is 0 Å². The summed E-state index contributed by atoms with van der Waals surface area (Å²) in [6.45, 7) is 8.14. The highest BCUT2D eigenvalue weighted by atomic mass is 16.3. The summed E-state index contributed by atoms with van der Waals surface area (Å²) in [5.41, 5.74) is 2.90. The van der Waals surface area contributed by atoms with Gasteiger partial charge < -0.3 is 10.0 Å². The zero-order valence-corrected chi connectivity index (χ0v) is 11.8. The number of anilines is 1. The van der Waals surface area contributed by atoms with Gasteiger partial charge in [0.25, 0.3) is 0 Å². The molecule has 1 aromatic carbocycles. The second-order valence-electron chi connectivity index (χ2n) is 6.30. The number of benzene rings is 1. The molecule has 0 bridgehead atoms. The molecule has 18 heavy (non-hydrogen) atoms. The van der Waals surface area contributed by atoms with Crippen molar-refractivity contribution in [3.8, 4) is 0 Å². The molecule has 2 heteroatoms. The molecule has 0 aromatic heterocycles. The average Bonchev–Trinajstić information content (AvgIpc) is 2.77. The molecule has 0 radical (unpaired) electrons. The molecule has 100 valence electrons. The summed E-state index contributed by atoms with van der Waals surface area (Å²) >= 11 is 0. The Morgan fingerprint density at radius 1 is 1.22 bits per heavy atom. The van der Waals surface area contributed by atoms with Gasteiger partial charge in [-0.25, -0.2) is 0 Å². The van der Waals surface area contributed by atoms with E-state index in [4.69, 9.17) is 5.11 Å². The van der Waals surface area contributed by atoms with E-state index in [2.05, 4.69) is 49.9 Å². The molecule has 1 N–H and O–H groups in total. The number of rotatable bonds is 3. The fourth-order valence-corrected chi connectivity index (χ4v) is 2.78. The number of hydrogen-bond acceptors (Lipinski definition) is 2. The normalized spacial score (nSPS) is 20.4. The smallest absolute Gasteiger partial charge is 0.0450 e. The lowest BCUT2D eigenvalue weighted by molar-refractivity contribution is 0.276. The molecule has 2 nitrogen and oxygen atoms in total. The Morgan fingerprint density at radius 3 is 2.44 bits per heavy atom. The monoisotopic (exact) mass is 247 g/mol. The van der Waals surface area contributed by atoms with Crippen LogP contribution in [0.5, 0.6) is 0 Å². The second kappa shape index (κ2) is 5.31. The minimum atomic E-state index is 0.216. The van der Waals surface area contributed by atoms with Gasteiger partial charge in [-0.3, -0.25) is 0 Å². The van der Waals surface area contributed by atoms with Gasteiger partial charge >= 0.3 is 0 Å². The Bertz CT molecular complexity index is 377. The first-order valence-electron chi connectivity index (χ1n) is 7.00. The van der Waals surface area contributed by atoms with Crippen LogP contribution in [0.4, 0.5) is 5.69 Å². The van der Waals surface area contributed by atoms with E-state index < -0.39 is 0 Å². The van der Waals surface area contributed by atoms with Gasteiger partial charge in [0.2, 0.25) is 0 Å². The van der Waals surface area contributed by atoms with Crippen molar-refractivity contribution < 1.29 is 5.11 Å². The summed E-state index contributed by atoms with van der Waals surface area (Å²) in [6.07, 6.45) is 3.34. The molecule has 1 fully saturated rings. The number of aliphatic hydroxyl groups is 1. The van der Waals surface area contributed by atoms with Gasteiger partial charge in [0.05, 0.1) is 0 Å². The SMILES string of the molecule is CC(C)(C)c1ccc(N2CCCC2CCO)cc1. The molecule has 1 saturated heterocycles. The predicted octanol–water partition coefficient (Wildman–Crippen LogP) is 3.34. The van der Waals surface area contributed by atoms with Crippen molar-refractivity contribution in [2.45, 2.75) is 51.5 Å². The van der Waals surface area contributed by atoms with Crippen LogP contribution in [-0.4, -0.2) is 24.3 Å².